The molecule has 0 aliphatic heterocycles. The largest absolute Gasteiger partial charge is 0.494 e. The van der Waals surface area contributed by atoms with Crippen LogP contribution in [0.5, 0.6) is 5.75 Å². The van der Waals surface area contributed by atoms with Crippen LogP contribution in [0.1, 0.15) is 31.4 Å². The summed E-state index contributed by atoms with van der Waals surface area (Å²) in [5, 5.41) is 3.30. The normalized spacial score (nSPS) is 11.9. The van der Waals surface area contributed by atoms with E-state index in [4.69, 9.17) is 11.2 Å². The summed E-state index contributed by atoms with van der Waals surface area (Å²) in [4.78, 5) is 0. The van der Waals surface area contributed by atoms with Gasteiger partial charge in [0.05, 0.1) is 7.11 Å². The molecule has 1 atom stereocenters. The molecule has 0 radical (unpaired) electrons. The smallest absolute Gasteiger partial charge is 0.165 e. The molecular formula is C14H18FNO. The van der Waals surface area contributed by atoms with E-state index in [1.54, 1.807) is 6.07 Å². The Kier molecular flexibility index (Phi) is 5.51. The molecule has 0 heterocycles. The van der Waals surface area contributed by atoms with E-state index in [9.17, 15) is 4.39 Å². The molecule has 0 bridgehead atoms. The van der Waals surface area contributed by atoms with Gasteiger partial charge in [0.15, 0.2) is 11.6 Å². The highest BCUT2D eigenvalue weighted by Gasteiger charge is 2.12. The maximum Gasteiger partial charge on any atom is 0.165 e. The second kappa shape index (κ2) is 6.93. The first-order valence-electron chi connectivity index (χ1n) is 5.73. The number of nitrogens with one attached hydrogen (secondary N) is 1. The monoisotopic (exact) mass is 235 g/mol. The Hall–Kier alpha value is -1.53. The summed E-state index contributed by atoms with van der Waals surface area (Å²) in [5.74, 6) is 2.50. The third-order valence-corrected chi connectivity index (χ3v) is 2.54. The van der Waals surface area contributed by atoms with Crippen molar-refractivity contribution < 1.29 is 9.13 Å². The van der Waals surface area contributed by atoms with Gasteiger partial charge in [0, 0.05) is 12.5 Å². The molecule has 0 spiro atoms. The molecule has 1 unspecified atom stereocenters. The Balaban J connectivity index is 2.86. The Morgan fingerprint density at radius 1 is 1.53 bits per heavy atom. The van der Waals surface area contributed by atoms with E-state index in [1.165, 1.54) is 13.2 Å². The summed E-state index contributed by atoms with van der Waals surface area (Å²) >= 11 is 0. The van der Waals surface area contributed by atoms with Crippen LogP contribution in [0.4, 0.5) is 4.39 Å². The van der Waals surface area contributed by atoms with Crippen LogP contribution in [0.3, 0.4) is 0 Å². The van der Waals surface area contributed by atoms with Crippen molar-refractivity contribution in [3.63, 3.8) is 0 Å². The lowest BCUT2D eigenvalue weighted by molar-refractivity contribution is 0.385. The molecule has 17 heavy (non-hydrogen) atoms. The topological polar surface area (TPSA) is 21.3 Å². The number of hydrogen-bond acceptors (Lipinski definition) is 2. The molecule has 0 aliphatic carbocycles. The molecule has 1 aromatic carbocycles. The number of ether oxygens (including phenoxy) is 1. The molecule has 0 fully saturated rings. The first kappa shape index (κ1) is 13.5. The molecule has 0 aliphatic rings. The van der Waals surface area contributed by atoms with Crippen LogP contribution in [0.15, 0.2) is 18.2 Å². The first-order chi connectivity index (χ1) is 8.22. The van der Waals surface area contributed by atoms with Crippen molar-refractivity contribution in [1.82, 2.24) is 5.32 Å². The zero-order chi connectivity index (χ0) is 12.7. The molecule has 0 aromatic heterocycles. The molecule has 1 N–H and O–H groups in total. The Morgan fingerprint density at radius 3 is 2.82 bits per heavy atom. The van der Waals surface area contributed by atoms with E-state index in [1.807, 2.05) is 6.07 Å². The molecule has 92 valence electrons. The summed E-state index contributed by atoms with van der Waals surface area (Å²) in [6.45, 7) is 2.94. The van der Waals surface area contributed by atoms with Crippen LogP contribution >= 0.6 is 0 Å². The zero-order valence-electron chi connectivity index (χ0n) is 10.3. The fraction of sp³-hybridized carbons (Fsp3) is 0.429. The van der Waals surface area contributed by atoms with Gasteiger partial charge in [-0.05, 0) is 30.7 Å². The average molecular weight is 235 g/mol. The number of methoxy groups -OCH3 is 1. The fourth-order valence-corrected chi connectivity index (χ4v) is 1.64. The van der Waals surface area contributed by atoms with Crippen LogP contribution in [0.2, 0.25) is 0 Å². The van der Waals surface area contributed by atoms with Gasteiger partial charge in [-0.3, -0.25) is 0 Å². The van der Waals surface area contributed by atoms with Gasteiger partial charge < -0.3 is 10.1 Å². The summed E-state index contributed by atoms with van der Waals surface area (Å²) < 4.78 is 18.5. The fourth-order valence-electron chi connectivity index (χ4n) is 1.64. The number of rotatable bonds is 6. The standard InChI is InChI=1S/C14H18FNO/c1-4-6-13(16-9-5-2)11-7-8-14(17-3)12(15)10-11/h1,7-8,10,13,16H,5-6,9H2,2-3H3. The predicted molar refractivity (Wildman–Crippen MR) is 67.4 cm³/mol. The lowest BCUT2D eigenvalue weighted by Gasteiger charge is -2.17. The van der Waals surface area contributed by atoms with Gasteiger partial charge in [-0.15, -0.1) is 12.3 Å². The van der Waals surface area contributed by atoms with Crippen LogP contribution in [0.25, 0.3) is 0 Å². The van der Waals surface area contributed by atoms with Crippen LogP contribution in [0, 0.1) is 18.2 Å². The van der Waals surface area contributed by atoms with Gasteiger partial charge in [0.1, 0.15) is 0 Å². The van der Waals surface area contributed by atoms with Gasteiger partial charge in [0.25, 0.3) is 0 Å². The number of benzene rings is 1. The van der Waals surface area contributed by atoms with Crippen molar-refractivity contribution in [1.29, 1.82) is 0 Å². The Bertz CT molecular complexity index is 398. The highest BCUT2D eigenvalue weighted by molar-refractivity contribution is 5.31. The van der Waals surface area contributed by atoms with Crippen molar-refractivity contribution in [3.8, 4) is 18.1 Å². The van der Waals surface area contributed by atoms with E-state index < -0.39 is 0 Å². The minimum absolute atomic E-state index is 0.000330. The molecule has 0 saturated carbocycles. The van der Waals surface area contributed by atoms with Gasteiger partial charge in [-0.25, -0.2) is 4.39 Å². The summed E-state index contributed by atoms with van der Waals surface area (Å²) in [5.41, 5.74) is 0.856. The van der Waals surface area contributed by atoms with Crippen LogP contribution < -0.4 is 10.1 Å². The van der Waals surface area contributed by atoms with Crippen molar-refractivity contribution in [2.75, 3.05) is 13.7 Å². The Labute approximate surface area is 102 Å². The number of hydrogen-bond donors (Lipinski definition) is 1. The molecular weight excluding hydrogens is 217 g/mol. The minimum atomic E-state index is -0.356. The second-order valence-corrected chi connectivity index (χ2v) is 3.81. The predicted octanol–water partition coefficient (Wildman–Crippen LogP) is 2.90. The highest BCUT2D eigenvalue weighted by Crippen LogP contribution is 2.23. The summed E-state index contributed by atoms with van der Waals surface area (Å²) in [7, 11) is 1.45. The van der Waals surface area contributed by atoms with Crippen LogP contribution in [-0.4, -0.2) is 13.7 Å². The van der Waals surface area contributed by atoms with Crippen molar-refractivity contribution in [2.45, 2.75) is 25.8 Å². The second-order valence-electron chi connectivity index (χ2n) is 3.81. The zero-order valence-corrected chi connectivity index (χ0v) is 10.3. The summed E-state index contributed by atoms with van der Waals surface area (Å²) in [6, 6.07) is 4.94. The van der Waals surface area contributed by atoms with Crippen molar-refractivity contribution >= 4 is 0 Å². The molecule has 0 amide bonds. The van der Waals surface area contributed by atoms with E-state index in [2.05, 4.69) is 18.2 Å². The molecule has 1 rings (SSSR count). The molecule has 1 aromatic rings. The quantitative estimate of drug-likeness (QED) is 0.765. The molecule has 3 heteroatoms. The van der Waals surface area contributed by atoms with E-state index in [0.717, 1.165) is 18.5 Å². The highest BCUT2D eigenvalue weighted by atomic mass is 19.1. The average Bonchev–Trinajstić information content (AvgIpc) is 2.34. The van der Waals surface area contributed by atoms with Gasteiger partial charge in [-0.2, -0.15) is 0 Å². The lowest BCUT2D eigenvalue weighted by atomic mass is 10.0. The number of terminal acetylenes is 1. The first-order valence-corrected chi connectivity index (χ1v) is 5.73. The van der Waals surface area contributed by atoms with E-state index in [-0.39, 0.29) is 17.6 Å². The summed E-state index contributed by atoms with van der Waals surface area (Å²) in [6.07, 6.45) is 6.89. The third-order valence-electron chi connectivity index (χ3n) is 2.54. The van der Waals surface area contributed by atoms with Crippen molar-refractivity contribution in [2.24, 2.45) is 0 Å². The molecule has 2 nitrogen and oxygen atoms in total. The Morgan fingerprint density at radius 2 is 2.29 bits per heavy atom. The van der Waals surface area contributed by atoms with Gasteiger partial charge >= 0.3 is 0 Å². The maximum atomic E-state index is 13.6. The van der Waals surface area contributed by atoms with Crippen molar-refractivity contribution in [3.05, 3.63) is 29.6 Å². The minimum Gasteiger partial charge on any atom is -0.494 e. The van der Waals surface area contributed by atoms with Gasteiger partial charge in [0.2, 0.25) is 0 Å². The third kappa shape index (κ3) is 3.76. The lowest BCUT2D eigenvalue weighted by Crippen LogP contribution is -2.21. The maximum absolute atomic E-state index is 13.6. The SMILES string of the molecule is C#CCC(NCCC)c1ccc(OC)c(F)c1. The molecule has 0 saturated heterocycles. The van der Waals surface area contributed by atoms with E-state index >= 15 is 0 Å². The number of halogens is 1. The van der Waals surface area contributed by atoms with Crippen LogP contribution in [-0.2, 0) is 0 Å². The van der Waals surface area contributed by atoms with Gasteiger partial charge in [-0.1, -0.05) is 13.0 Å². The van der Waals surface area contributed by atoms with E-state index in [0.29, 0.717) is 6.42 Å².